The van der Waals surface area contributed by atoms with Crippen LogP contribution in [-0.4, -0.2) is 156 Å². The SMILES string of the molecule is CC[C@@H]1C=C[C@@H](NC(=O)OCc2ccccc2)[C@@H](O[C@H]2[C@H](O[C@@H]3O[C@H](CO)[C@@H](O[C@H]4O[C@@H](CNC(=O)OCc5ccccc5)C=C[C@H]4NC(=O)OCc4ccccc4)[C@H]3O)[C@@H](O)[C@H](CCC(O)CNC(=O)OC(C)(C)C)C[C@@H]2C)O1. The van der Waals surface area contributed by atoms with Gasteiger partial charge in [0, 0.05) is 6.54 Å². The molecule has 0 aromatic heterocycles. The summed E-state index contributed by atoms with van der Waals surface area (Å²) in [6.45, 7) is 8.11. The van der Waals surface area contributed by atoms with Crippen molar-refractivity contribution >= 4 is 24.4 Å². The smallest absolute Gasteiger partial charge is 0.408 e. The molecule has 8 N–H and O–H groups in total. The molecule has 3 aromatic carbocycles. The van der Waals surface area contributed by atoms with E-state index in [2.05, 4.69) is 21.3 Å². The van der Waals surface area contributed by atoms with Crippen LogP contribution >= 0.6 is 0 Å². The van der Waals surface area contributed by atoms with Crippen molar-refractivity contribution in [2.24, 2.45) is 11.8 Å². The van der Waals surface area contributed by atoms with Gasteiger partial charge in [0.25, 0.3) is 0 Å². The fourth-order valence-electron chi connectivity index (χ4n) is 9.66. The predicted octanol–water partition coefficient (Wildman–Crippen LogP) is 5.39. The summed E-state index contributed by atoms with van der Waals surface area (Å²) >= 11 is 0. The van der Waals surface area contributed by atoms with E-state index in [1.54, 1.807) is 51.1 Å². The largest absolute Gasteiger partial charge is 0.445 e. The quantitative estimate of drug-likeness (QED) is 0.0436. The highest BCUT2D eigenvalue weighted by molar-refractivity contribution is 5.69. The van der Waals surface area contributed by atoms with E-state index >= 15 is 0 Å². The number of benzene rings is 3. The van der Waals surface area contributed by atoms with Gasteiger partial charge in [-0.3, -0.25) is 0 Å². The number of hydrogen-bond acceptors (Lipinski definition) is 18. The monoisotopic (exact) mass is 1120 g/mol. The van der Waals surface area contributed by atoms with Gasteiger partial charge in [-0.25, -0.2) is 19.2 Å². The maximum Gasteiger partial charge on any atom is 0.408 e. The first-order chi connectivity index (χ1) is 38.4. The highest BCUT2D eigenvalue weighted by atomic mass is 16.8. The molecule has 0 radical (unpaired) electrons. The van der Waals surface area contributed by atoms with Crippen molar-refractivity contribution < 1.29 is 87.0 Å². The topological polar surface area (TPSA) is 290 Å². The second kappa shape index (κ2) is 30.0. The number of carbonyl (C=O) groups excluding carboxylic acids is 4. The summed E-state index contributed by atoms with van der Waals surface area (Å²) in [5.74, 6) is -0.929. The molecule has 22 nitrogen and oxygen atoms in total. The Morgan fingerprint density at radius 2 is 1.12 bits per heavy atom. The number of rotatable bonds is 23. The lowest BCUT2D eigenvalue weighted by molar-refractivity contribution is -0.291. The van der Waals surface area contributed by atoms with Gasteiger partial charge in [0.15, 0.2) is 18.9 Å². The number of alkyl carbamates (subject to hydrolysis) is 4. The van der Waals surface area contributed by atoms with Crippen molar-refractivity contribution in [3.63, 3.8) is 0 Å². The van der Waals surface area contributed by atoms with Crippen LogP contribution in [0.25, 0.3) is 0 Å². The lowest BCUT2D eigenvalue weighted by Gasteiger charge is -2.46. The highest BCUT2D eigenvalue weighted by Crippen LogP contribution is 2.40. The summed E-state index contributed by atoms with van der Waals surface area (Å²) in [4.78, 5) is 51.6. The summed E-state index contributed by atoms with van der Waals surface area (Å²) in [5.41, 5.74) is 1.56. The summed E-state index contributed by atoms with van der Waals surface area (Å²) in [6, 6.07) is 25.5. The molecule has 1 aliphatic carbocycles. The van der Waals surface area contributed by atoms with Crippen LogP contribution in [0, 0.1) is 11.8 Å². The molecular formula is C58H78N4O18. The standard InChI is InChI=1S/C58H78N4O18/c1-6-41-24-26-43(61-56(69)72-33-37-18-12-8-13-19-37)51(74-41)77-48-35(2)28-39(22-23-40(64)29-59-55(68)80-58(3,4)5)46(65)50(48)79-53-47(66)49(45(31-63)76-53)78-52-44(62-57(70)73-34-38-20-14-9-15-21-38)27-25-42(75-52)30-60-54(67)71-32-36-16-10-7-11-17-36/h7-21,24-27,35,39-53,63-66H,6,22-23,28-34H2,1-5H3,(H,59,68)(H,60,67)(H,61,69)(H,62,70)/t35-,39+,40?,41+,42+,43+,44+,45+,46-,47+,48+,49+,50+,51+,52+,53-/m0/s1. The molecule has 0 bridgehead atoms. The Morgan fingerprint density at radius 1 is 0.625 bits per heavy atom. The second-order valence-corrected chi connectivity index (χ2v) is 21.3. The second-order valence-electron chi connectivity index (χ2n) is 21.3. The molecule has 80 heavy (non-hydrogen) atoms. The van der Waals surface area contributed by atoms with E-state index in [0.717, 1.165) is 16.7 Å². The molecule has 2 fully saturated rings. The third kappa shape index (κ3) is 18.7. The molecule has 3 heterocycles. The Balaban J connectivity index is 1.08. The van der Waals surface area contributed by atoms with Crippen molar-refractivity contribution in [1.82, 2.24) is 21.3 Å². The molecule has 7 rings (SSSR count). The van der Waals surface area contributed by atoms with E-state index < -0.39 is 134 Å². The van der Waals surface area contributed by atoms with Gasteiger partial charge in [-0.2, -0.15) is 0 Å². The Hall–Kier alpha value is -6.18. The van der Waals surface area contributed by atoms with Gasteiger partial charge < -0.3 is 89.1 Å². The Morgan fingerprint density at radius 3 is 1.65 bits per heavy atom. The van der Waals surface area contributed by atoms with Gasteiger partial charge in [-0.05, 0) is 75.0 Å². The van der Waals surface area contributed by atoms with Crippen LogP contribution in [0.1, 0.15) is 77.0 Å². The minimum atomic E-state index is -1.67. The zero-order chi connectivity index (χ0) is 57.2. The predicted molar refractivity (Wildman–Crippen MR) is 287 cm³/mol. The number of nitrogens with one attached hydrogen (secondary N) is 4. The lowest BCUT2D eigenvalue weighted by Crippen LogP contribution is -2.58. The van der Waals surface area contributed by atoms with Crippen LogP contribution in [-0.2, 0) is 67.2 Å². The average Bonchev–Trinajstić information content (AvgIpc) is 3.82. The minimum absolute atomic E-state index is 0.0110. The molecule has 3 aromatic rings. The van der Waals surface area contributed by atoms with Crippen molar-refractivity contribution in [3.8, 4) is 0 Å². The third-order valence-corrected chi connectivity index (χ3v) is 13.8. The van der Waals surface area contributed by atoms with E-state index in [1.165, 1.54) is 0 Å². The molecule has 438 valence electrons. The lowest BCUT2D eigenvalue weighted by atomic mass is 9.74. The Kier molecular flexibility index (Phi) is 23.1. The number of amides is 4. The van der Waals surface area contributed by atoms with Gasteiger partial charge in [-0.15, -0.1) is 0 Å². The molecule has 1 saturated carbocycles. The van der Waals surface area contributed by atoms with Gasteiger partial charge in [0.05, 0.1) is 43.7 Å². The van der Waals surface area contributed by atoms with Crippen molar-refractivity contribution in [1.29, 1.82) is 0 Å². The van der Waals surface area contributed by atoms with Gasteiger partial charge in [0.2, 0.25) is 0 Å². The first-order valence-electron chi connectivity index (χ1n) is 27.3. The summed E-state index contributed by atoms with van der Waals surface area (Å²) in [5, 5.41) is 57.1. The number of aliphatic hydroxyl groups excluding tert-OH is 4. The van der Waals surface area contributed by atoms with Crippen LogP contribution in [0.4, 0.5) is 19.2 Å². The maximum atomic E-state index is 13.3. The molecule has 4 aliphatic rings. The molecule has 0 spiro atoms. The third-order valence-electron chi connectivity index (χ3n) is 13.8. The molecule has 1 saturated heterocycles. The number of hydrogen-bond donors (Lipinski definition) is 8. The molecule has 3 aliphatic heterocycles. The van der Waals surface area contributed by atoms with E-state index in [4.69, 9.17) is 47.4 Å². The fraction of sp³-hybridized carbons (Fsp3) is 0.552. The zero-order valence-corrected chi connectivity index (χ0v) is 45.8. The first kappa shape index (κ1) is 61.4. The first-order valence-corrected chi connectivity index (χ1v) is 27.3. The minimum Gasteiger partial charge on any atom is -0.445 e. The van der Waals surface area contributed by atoms with Gasteiger partial charge in [0.1, 0.15) is 61.9 Å². The van der Waals surface area contributed by atoms with E-state index in [9.17, 15) is 39.6 Å². The van der Waals surface area contributed by atoms with Crippen molar-refractivity contribution in [2.45, 2.75) is 172 Å². The van der Waals surface area contributed by atoms with Crippen LogP contribution < -0.4 is 21.3 Å². The summed E-state index contributed by atoms with van der Waals surface area (Å²) in [6.07, 6.45) is -9.07. The number of aliphatic hydroxyl groups is 4. The number of carbonyl (C=O) groups is 4. The van der Waals surface area contributed by atoms with E-state index in [0.29, 0.717) is 12.8 Å². The van der Waals surface area contributed by atoms with Crippen molar-refractivity contribution in [3.05, 3.63) is 132 Å². The molecular weight excluding hydrogens is 1040 g/mol. The molecule has 4 amide bonds. The van der Waals surface area contributed by atoms with Crippen LogP contribution in [0.5, 0.6) is 0 Å². The van der Waals surface area contributed by atoms with Crippen LogP contribution in [0.2, 0.25) is 0 Å². The maximum absolute atomic E-state index is 13.3. The summed E-state index contributed by atoms with van der Waals surface area (Å²) < 4.78 is 60.4. The average molecular weight is 1120 g/mol. The van der Waals surface area contributed by atoms with E-state index in [-0.39, 0.29) is 45.8 Å². The molecule has 1 unspecified atom stereocenters. The number of ether oxygens (including phenoxy) is 10. The molecule has 22 heteroatoms. The fourth-order valence-corrected chi connectivity index (χ4v) is 9.66. The summed E-state index contributed by atoms with van der Waals surface area (Å²) in [7, 11) is 0. The van der Waals surface area contributed by atoms with Crippen LogP contribution in [0.15, 0.2) is 115 Å². The molecule has 16 atom stereocenters. The van der Waals surface area contributed by atoms with Gasteiger partial charge in [-0.1, -0.05) is 129 Å². The van der Waals surface area contributed by atoms with Crippen LogP contribution in [0.3, 0.4) is 0 Å². The Labute approximate surface area is 466 Å². The zero-order valence-electron chi connectivity index (χ0n) is 45.8. The van der Waals surface area contributed by atoms with E-state index in [1.807, 2.05) is 98.8 Å². The Bertz CT molecular complexity index is 2450. The highest BCUT2D eigenvalue weighted by Gasteiger charge is 2.53. The van der Waals surface area contributed by atoms with Gasteiger partial charge >= 0.3 is 24.4 Å². The normalized spacial score (nSPS) is 29.6. The van der Waals surface area contributed by atoms with Crippen molar-refractivity contribution in [2.75, 3.05) is 19.7 Å².